The average Bonchev–Trinajstić information content (AvgIpc) is 2.79. The summed E-state index contributed by atoms with van der Waals surface area (Å²) in [4.78, 5) is 11.8. The third kappa shape index (κ3) is 2.99. The molecule has 0 fully saturated rings. The molecular formula is C14H16N2O2. The van der Waals surface area contributed by atoms with Gasteiger partial charge in [-0.2, -0.15) is 0 Å². The Morgan fingerprint density at radius 3 is 2.67 bits per heavy atom. The molecule has 1 amide bonds. The number of aliphatic hydroxyl groups is 1. The lowest BCUT2D eigenvalue weighted by Gasteiger charge is -2.08. The summed E-state index contributed by atoms with van der Waals surface area (Å²) in [6.07, 6.45) is 1.78. The van der Waals surface area contributed by atoms with Crippen LogP contribution in [-0.2, 0) is 17.9 Å². The third-order valence-corrected chi connectivity index (χ3v) is 2.73. The van der Waals surface area contributed by atoms with E-state index in [0.29, 0.717) is 0 Å². The minimum absolute atomic E-state index is 0.0647. The molecule has 0 saturated carbocycles. The predicted octanol–water partition coefficient (Wildman–Crippen LogP) is 1.93. The summed E-state index contributed by atoms with van der Waals surface area (Å²) in [6, 6.07) is 11.2. The molecule has 0 bridgehead atoms. The molecule has 18 heavy (non-hydrogen) atoms. The molecule has 2 N–H and O–H groups in total. The van der Waals surface area contributed by atoms with Crippen LogP contribution in [0.15, 0.2) is 42.6 Å². The van der Waals surface area contributed by atoms with E-state index in [0.717, 1.165) is 16.9 Å². The fraction of sp³-hybridized carbons (Fsp3) is 0.214. The molecule has 0 unspecified atom stereocenters. The summed E-state index contributed by atoms with van der Waals surface area (Å²) in [6.45, 7) is 2.14. The van der Waals surface area contributed by atoms with Crippen LogP contribution in [0.1, 0.15) is 11.3 Å². The first kappa shape index (κ1) is 12.4. The summed E-state index contributed by atoms with van der Waals surface area (Å²) in [5.74, 6) is -0.107. The molecule has 1 aromatic heterocycles. The van der Waals surface area contributed by atoms with Gasteiger partial charge in [-0.05, 0) is 31.2 Å². The molecule has 1 heterocycles. The number of anilines is 1. The molecule has 1 aromatic carbocycles. The number of rotatable bonds is 4. The van der Waals surface area contributed by atoms with Gasteiger partial charge in [-0.1, -0.05) is 17.7 Å². The molecule has 0 aliphatic carbocycles. The van der Waals surface area contributed by atoms with E-state index in [1.165, 1.54) is 0 Å². The fourth-order valence-electron chi connectivity index (χ4n) is 1.74. The second kappa shape index (κ2) is 5.51. The standard InChI is InChI=1S/C14H16N2O2/c1-11-4-6-12(7-5-11)15-14(18)9-16-8-2-3-13(16)10-17/h2-8,17H,9-10H2,1H3,(H,15,18). The SMILES string of the molecule is Cc1ccc(NC(=O)Cn2cccc2CO)cc1. The second-order valence-corrected chi connectivity index (χ2v) is 4.20. The van der Waals surface area contributed by atoms with Gasteiger partial charge in [0.05, 0.1) is 6.61 Å². The van der Waals surface area contributed by atoms with E-state index in [-0.39, 0.29) is 19.1 Å². The van der Waals surface area contributed by atoms with Gasteiger partial charge in [0.1, 0.15) is 6.54 Å². The van der Waals surface area contributed by atoms with Gasteiger partial charge in [-0.25, -0.2) is 0 Å². The van der Waals surface area contributed by atoms with E-state index in [1.54, 1.807) is 16.8 Å². The number of aryl methyl sites for hydroxylation is 1. The van der Waals surface area contributed by atoms with Crippen molar-refractivity contribution in [3.8, 4) is 0 Å². The lowest BCUT2D eigenvalue weighted by Crippen LogP contribution is -2.19. The number of carbonyl (C=O) groups is 1. The number of aromatic nitrogens is 1. The van der Waals surface area contributed by atoms with Gasteiger partial charge in [-0.15, -0.1) is 0 Å². The van der Waals surface area contributed by atoms with Crippen LogP contribution < -0.4 is 5.32 Å². The topological polar surface area (TPSA) is 54.3 Å². The maximum atomic E-state index is 11.8. The Morgan fingerprint density at radius 1 is 1.28 bits per heavy atom. The highest BCUT2D eigenvalue weighted by Crippen LogP contribution is 2.09. The molecule has 0 aliphatic rings. The van der Waals surface area contributed by atoms with Crippen molar-refractivity contribution in [2.45, 2.75) is 20.1 Å². The molecule has 4 heteroatoms. The first-order chi connectivity index (χ1) is 8.69. The lowest BCUT2D eigenvalue weighted by molar-refractivity contribution is -0.116. The van der Waals surface area contributed by atoms with Crippen LogP contribution in [0.25, 0.3) is 0 Å². The highest BCUT2D eigenvalue weighted by atomic mass is 16.3. The van der Waals surface area contributed by atoms with Crippen molar-refractivity contribution in [2.75, 3.05) is 5.32 Å². The lowest BCUT2D eigenvalue weighted by atomic mass is 10.2. The van der Waals surface area contributed by atoms with Crippen molar-refractivity contribution in [3.63, 3.8) is 0 Å². The van der Waals surface area contributed by atoms with E-state index in [9.17, 15) is 4.79 Å². The first-order valence-corrected chi connectivity index (χ1v) is 5.80. The highest BCUT2D eigenvalue weighted by molar-refractivity contribution is 5.90. The molecule has 94 valence electrons. The van der Waals surface area contributed by atoms with Crippen molar-refractivity contribution in [2.24, 2.45) is 0 Å². The summed E-state index contributed by atoms with van der Waals surface area (Å²) in [5, 5.41) is 11.9. The zero-order valence-corrected chi connectivity index (χ0v) is 10.3. The van der Waals surface area contributed by atoms with Crippen LogP contribution >= 0.6 is 0 Å². The van der Waals surface area contributed by atoms with E-state index in [4.69, 9.17) is 5.11 Å². The smallest absolute Gasteiger partial charge is 0.244 e. The Balaban J connectivity index is 1.99. The minimum atomic E-state index is -0.107. The molecule has 0 atom stereocenters. The van der Waals surface area contributed by atoms with Crippen LogP contribution in [-0.4, -0.2) is 15.6 Å². The maximum Gasteiger partial charge on any atom is 0.244 e. The van der Waals surface area contributed by atoms with Gasteiger partial charge in [0, 0.05) is 17.6 Å². The third-order valence-electron chi connectivity index (χ3n) is 2.73. The Bertz CT molecular complexity index is 529. The predicted molar refractivity (Wildman–Crippen MR) is 70.2 cm³/mol. The van der Waals surface area contributed by atoms with Crippen LogP contribution in [0, 0.1) is 6.92 Å². The molecule has 4 nitrogen and oxygen atoms in total. The largest absolute Gasteiger partial charge is 0.390 e. The second-order valence-electron chi connectivity index (χ2n) is 4.20. The Hall–Kier alpha value is -2.07. The van der Waals surface area contributed by atoms with Gasteiger partial charge >= 0.3 is 0 Å². The van der Waals surface area contributed by atoms with Crippen LogP contribution in [0.5, 0.6) is 0 Å². The van der Waals surface area contributed by atoms with E-state index in [2.05, 4.69) is 5.32 Å². The van der Waals surface area contributed by atoms with Crippen LogP contribution in [0.2, 0.25) is 0 Å². The fourth-order valence-corrected chi connectivity index (χ4v) is 1.74. The van der Waals surface area contributed by atoms with Crippen molar-refractivity contribution in [1.29, 1.82) is 0 Å². The molecule has 2 aromatic rings. The van der Waals surface area contributed by atoms with Crippen LogP contribution in [0.3, 0.4) is 0 Å². The number of aliphatic hydroxyl groups excluding tert-OH is 1. The number of nitrogens with one attached hydrogen (secondary N) is 1. The van der Waals surface area contributed by atoms with Crippen molar-refractivity contribution >= 4 is 11.6 Å². The Labute approximate surface area is 106 Å². The van der Waals surface area contributed by atoms with Crippen LogP contribution in [0.4, 0.5) is 5.69 Å². The van der Waals surface area contributed by atoms with Crippen molar-refractivity contribution in [3.05, 3.63) is 53.9 Å². The number of amides is 1. The van der Waals surface area contributed by atoms with Crippen molar-refractivity contribution in [1.82, 2.24) is 4.57 Å². The summed E-state index contributed by atoms with van der Waals surface area (Å²) in [7, 11) is 0. The number of carbonyl (C=O) groups excluding carboxylic acids is 1. The summed E-state index contributed by atoms with van der Waals surface area (Å²) in [5.41, 5.74) is 2.67. The number of hydrogen-bond donors (Lipinski definition) is 2. The minimum Gasteiger partial charge on any atom is -0.390 e. The molecular weight excluding hydrogens is 228 g/mol. The maximum absolute atomic E-state index is 11.8. The number of hydrogen-bond acceptors (Lipinski definition) is 2. The Kier molecular flexibility index (Phi) is 3.79. The summed E-state index contributed by atoms with van der Waals surface area (Å²) >= 11 is 0. The van der Waals surface area contributed by atoms with Gasteiger partial charge < -0.3 is 15.0 Å². The molecule has 2 rings (SSSR count). The normalized spacial score (nSPS) is 10.3. The number of benzene rings is 1. The van der Waals surface area contributed by atoms with Gasteiger partial charge in [0.15, 0.2) is 0 Å². The zero-order chi connectivity index (χ0) is 13.0. The Morgan fingerprint density at radius 2 is 2.00 bits per heavy atom. The molecule has 0 saturated heterocycles. The van der Waals surface area contributed by atoms with E-state index >= 15 is 0 Å². The molecule has 0 spiro atoms. The number of nitrogens with zero attached hydrogens (tertiary/aromatic N) is 1. The quantitative estimate of drug-likeness (QED) is 0.863. The highest BCUT2D eigenvalue weighted by Gasteiger charge is 2.06. The zero-order valence-electron chi connectivity index (χ0n) is 10.3. The average molecular weight is 244 g/mol. The van der Waals surface area contributed by atoms with Gasteiger partial charge in [-0.3, -0.25) is 4.79 Å². The monoisotopic (exact) mass is 244 g/mol. The van der Waals surface area contributed by atoms with E-state index in [1.807, 2.05) is 37.3 Å². The molecule has 0 radical (unpaired) electrons. The first-order valence-electron chi connectivity index (χ1n) is 5.80. The van der Waals surface area contributed by atoms with Crippen molar-refractivity contribution < 1.29 is 9.90 Å². The van der Waals surface area contributed by atoms with Gasteiger partial charge in [0.25, 0.3) is 0 Å². The van der Waals surface area contributed by atoms with E-state index < -0.39 is 0 Å². The molecule has 0 aliphatic heterocycles. The van der Waals surface area contributed by atoms with Gasteiger partial charge in [0.2, 0.25) is 5.91 Å². The summed E-state index contributed by atoms with van der Waals surface area (Å²) < 4.78 is 1.73.